The third-order valence-corrected chi connectivity index (χ3v) is 7.11. The molecule has 0 fully saturated rings. The van der Waals surface area contributed by atoms with Crippen LogP contribution in [-0.4, -0.2) is 30.5 Å². The molecule has 1 unspecified atom stereocenters. The van der Waals surface area contributed by atoms with Gasteiger partial charge >= 0.3 is 0 Å². The van der Waals surface area contributed by atoms with Crippen LogP contribution in [-0.2, 0) is 0 Å². The lowest BCUT2D eigenvalue weighted by molar-refractivity contribution is 0.215. The summed E-state index contributed by atoms with van der Waals surface area (Å²) in [5, 5.41) is 2.75. The van der Waals surface area contributed by atoms with Crippen molar-refractivity contribution in [1.29, 1.82) is 0 Å². The Hall–Kier alpha value is -5.03. The molecule has 3 N–H and O–H groups in total. The lowest BCUT2D eigenvalue weighted by atomic mass is 9.98. The van der Waals surface area contributed by atoms with Gasteiger partial charge < -0.3 is 9.32 Å². The van der Waals surface area contributed by atoms with Crippen LogP contribution in [0.4, 0.5) is 18.9 Å². The van der Waals surface area contributed by atoms with E-state index >= 15 is 0 Å². The van der Waals surface area contributed by atoms with Gasteiger partial charge in [0.25, 0.3) is 0 Å². The zero-order chi connectivity index (χ0) is 29.0. The van der Waals surface area contributed by atoms with Crippen molar-refractivity contribution in [1.82, 2.24) is 15.4 Å². The zero-order valence-electron chi connectivity index (χ0n) is 22.3. The summed E-state index contributed by atoms with van der Waals surface area (Å²) < 4.78 is 50.3. The molecule has 0 aliphatic carbocycles. The Kier molecular flexibility index (Phi) is 6.30. The summed E-state index contributed by atoms with van der Waals surface area (Å²) >= 11 is 0. The summed E-state index contributed by atoms with van der Waals surface area (Å²) in [6.45, 7) is 1.76. The van der Waals surface area contributed by atoms with E-state index in [0.717, 1.165) is 0 Å². The molecule has 0 radical (unpaired) electrons. The molecular formula is C30H25F3N6O2. The molecule has 0 saturated heterocycles. The van der Waals surface area contributed by atoms with Crippen molar-refractivity contribution in [3.05, 3.63) is 117 Å². The van der Waals surface area contributed by atoms with Crippen molar-refractivity contribution >= 4 is 28.7 Å². The van der Waals surface area contributed by atoms with E-state index in [-0.39, 0.29) is 27.9 Å². The van der Waals surface area contributed by atoms with Crippen molar-refractivity contribution in [3.63, 3.8) is 0 Å². The number of hydrazine groups is 2. The van der Waals surface area contributed by atoms with Gasteiger partial charge in [-0.05, 0) is 48.9 Å². The molecule has 8 nitrogen and oxygen atoms in total. The summed E-state index contributed by atoms with van der Waals surface area (Å²) in [7, 11) is 3.49. The van der Waals surface area contributed by atoms with E-state index in [0.29, 0.717) is 28.3 Å². The molecule has 3 heterocycles. The van der Waals surface area contributed by atoms with Crippen LogP contribution in [0.5, 0.6) is 0 Å². The molecule has 11 heteroatoms. The fraction of sp³-hybridized carbons (Fsp3) is 0.133. The molecule has 6 rings (SSSR count). The first kappa shape index (κ1) is 26.2. The number of anilines is 1. The molecule has 0 saturated carbocycles. The van der Waals surface area contributed by atoms with Gasteiger partial charge in [0.15, 0.2) is 0 Å². The fourth-order valence-electron chi connectivity index (χ4n) is 5.17. The Labute approximate surface area is 233 Å². The van der Waals surface area contributed by atoms with Gasteiger partial charge in [0, 0.05) is 19.7 Å². The SMILES string of the molecule is CC(c1oc2cccc(F)c2c(=O)c1-c1cccc(F)c1)N1NC(c2ccc(N(C)C)c(F)c2)=C2C1=CN=CN2N. The van der Waals surface area contributed by atoms with Crippen LogP contribution in [0, 0.1) is 17.5 Å². The summed E-state index contributed by atoms with van der Waals surface area (Å²) in [5.41, 5.74) is 5.36. The molecule has 1 aromatic heterocycles. The van der Waals surface area contributed by atoms with E-state index in [4.69, 9.17) is 10.3 Å². The van der Waals surface area contributed by atoms with E-state index in [1.165, 1.54) is 53.8 Å². The lowest BCUT2D eigenvalue weighted by Gasteiger charge is -2.30. The van der Waals surface area contributed by atoms with Crippen LogP contribution in [0.2, 0.25) is 0 Å². The first-order chi connectivity index (χ1) is 19.7. The second-order valence-corrected chi connectivity index (χ2v) is 9.92. The van der Waals surface area contributed by atoms with Crippen molar-refractivity contribution < 1.29 is 17.6 Å². The van der Waals surface area contributed by atoms with E-state index in [9.17, 15) is 18.0 Å². The highest BCUT2D eigenvalue weighted by molar-refractivity contribution is 5.84. The van der Waals surface area contributed by atoms with Gasteiger partial charge in [-0.2, -0.15) is 0 Å². The zero-order valence-corrected chi connectivity index (χ0v) is 22.3. The van der Waals surface area contributed by atoms with Crippen LogP contribution in [0.1, 0.15) is 24.3 Å². The molecule has 1 atom stereocenters. The number of halogens is 3. The molecule has 2 aliphatic heterocycles. The molecular weight excluding hydrogens is 533 g/mol. The van der Waals surface area contributed by atoms with Gasteiger partial charge in [-0.15, -0.1) is 0 Å². The number of aliphatic imine (C=N–C) groups is 1. The Bertz CT molecular complexity index is 1860. The van der Waals surface area contributed by atoms with Gasteiger partial charge in [-0.1, -0.05) is 24.3 Å². The van der Waals surface area contributed by atoms with Gasteiger partial charge in [0.2, 0.25) is 5.43 Å². The molecule has 0 amide bonds. The minimum Gasteiger partial charge on any atom is -0.458 e. The molecule has 4 aromatic rings. The van der Waals surface area contributed by atoms with Crippen LogP contribution in [0.15, 0.2) is 92.5 Å². The van der Waals surface area contributed by atoms with E-state index in [2.05, 4.69) is 10.4 Å². The second-order valence-electron chi connectivity index (χ2n) is 9.92. The molecule has 0 spiro atoms. The summed E-state index contributed by atoms with van der Waals surface area (Å²) in [6.07, 6.45) is 2.98. The smallest absolute Gasteiger partial charge is 0.203 e. The monoisotopic (exact) mass is 558 g/mol. The summed E-state index contributed by atoms with van der Waals surface area (Å²) in [4.78, 5) is 19.6. The normalized spacial score (nSPS) is 15.2. The number of benzene rings is 3. The van der Waals surface area contributed by atoms with Crippen LogP contribution >= 0.6 is 0 Å². The number of hydrogen-bond acceptors (Lipinski definition) is 8. The third-order valence-electron chi connectivity index (χ3n) is 7.11. The Morgan fingerprint density at radius 1 is 1.00 bits per heavy atom. The van der Waals surface area contributed by atoms with Gasteiger partial charge in [0.05, 0.1) is 23.1 Å². The average Bonchev–Trinajstić information content (AvgIpc) is 3.33. The molecule has 41 heavy (non-hydrogen) atoms. The Balaban J connectivity index is 1.52. The van der Waals surface area contributed by atoms with Crippen molar-refractivity contribution in [2.45, 2.75) is 13.0 Å². The van der Waals surface area contributed by atoms with Gasteiger partial charge in [0.1, 0.15) is 58.0 Å². The van der Waals surface area contributed by atoms with Gasteiger partial charge in [-0.3, -0.25) is 20.2 Å². The predicted molar refractivity (Wildman–Crippen MR) is 151 cm³/mol. The maximum absolute atomic E-state index is 15.0. The van der Waals surface area contributed by atoms with Crippen LogP contribution in [0.25, 0.3) is 27.8 Å². The first-order valence-corrected chi connectivity index (χ1v) is 12.7. The molecule has 208 valence electrons. The van der Waals surface area contributed by atoms with Gasteiger partial charge in [-0.25, -0.2) is 24.0 Å². The highest BCUT2D eigenvalue weighted by Crippen LogP contribution is 2.41. The Morgan fingerprint density at radius 2 is 1.78 bits per heavy atom. The number of nitrogens with two attached hydrogens (primary N) is 1. The van der Waals surface area contributed by atoms with E-state index < -0.39 is 28.9 Å². The number of hydrogen-bond donors (Lipinski definition) is 2. The average molecular weight is 559 g/mol. The first-order valence-electron chi connectivity index (χ1n) is 12.7. The van der Waals surface area contributed by atoms with E-state index in [1.54, 1.807) is 55.3 Å². The van der Waals surface area contributed by atoms with Crippen molar-refractivity contribution in [2.24, 2.45) is 10.8 Å². The summed E-state index contributed by atoms with van der Waals surface area (Å²) in [5.74, 6) is 4.69. The predicted octanol–water partition coefficient (Wildman–Crippen LogP) is 5.25. The van der Waals surface area contributed by atoms with Crippen LogP contribution < -0.4 is 21.6 Å². The van der Waals surface area contributed by atoms with Crippen molar-refractivity contribution in [2.75, 3.05) is 19.0 Å². The number of rotatable bonds is 5. The largest absolute Gasteiger partial charge is 0.458 e. The van der Waals surface area contributed by atoms with Crippen LogP contribution in [0.3, 0.4) is 0 Å². The fourth-order valence-corrected chi connectivity index (χ4v) is 5.17. The lowest BCUT2D eigenvalue weighted by Crippen LogP contribution is -2.36. The number of nitrogens with zero attached hydrogens (tertiary/aromatic N) is 4. The highest BCUT2D eigenvalue weighted by atomic mass is 19.1. The minimum atomic E-state index is -0.745. The number of nitrogens with one attached hydrogen (secondary N) is 1. The summed E-state index contributed by atoms with van der Waals surface area (Å²) in [6, 6.07) is 13.7. The molecule has 2 aliphatic rings. The Morgan fingerprint density at radius 3 is 2.51 bits per heavy atom. The van der Waals surface area contributed by atoms with Crippen molar-refractivity contribution in [3.8, 4) is 11.1 Å². The highest BCUT2D eigenvalue weighted by Gasteiger charge is 2.37. The quantitative estimate of drug-likeness (QED) is 0.323. The van der Waals surface area contributed by atoms with E-state index in [1.807, 2.05) is 0 Å². The number of fused-ring (bicyclic) bond motifs is 2. The molecule has 3 aromatic carbocycles. The molecule has 0 bridgehead atoms. The third kappa shape index (κ3) is 4.30. The minimum absolute atomic E-state index is 0.0114. The maximum Gasteiger partial charge on any atom is 0.203 e. The maximum atomic E-state index is 15.0. The standard InChI is InChI=1S/C30H25F3N6O2/c1-16(30-25(17-6-4-7-19(31)12-17)29(40)26-20(32)8-5-9-24(26)41-30)39-23-14-35-15-38(34)28(23)27(36-39)18-10-11-22(37(2)3)21(33)13-18/h4-16,36H,34H2,1-3H3. The topological polar surface area (TPSA) is 90.3 Å². The second kappa shape index (κ2) is 9.86.